The van der Waals surface area contributed by atoms with Crippen LogP contribution in [-0.2, 0) is 6.54 Å². The first-order chi connectivity index (χ1) is 9.65. The summed E-state index contributed by atoms with van der Waals surface area (Å²) in [6.07, 6.45) is 0. The Labute approximate surface area is 123 Å². The van der Waals surface area contributed by atoms with Gasteiger partial charge >= 0.3 is 0 Å². The molecule has 4 nitrogen and oxygen atoms in total. The number of carbonyl (C=O) groups is 1. The van der Waals surface area contributed by atoms with Gasteiger partial charge in [-0.15, -0.1) is 0 Å². The second-order valence-electron chi connectivity index (χ2n) is 4.45. The molecule has 5 heteroatoms. The average molecular weight is 293 g/mol. The Morgan fingerprint density at radius 2 is 1.90 bits per heavy atom. The average Bonchev–Trinajstić information content (AvgIpc) is 2.84. The number of nitrogens with one attached hydrogen (secondary N) is 2. The van der Waals surface area contributed by atoms with Crippen LogP contribution in [0.25, 0.3) is 0 Å². The van der Waals surface area contributed by atoms with Crippen LogP contribution in [0.3, 0.4) is 0 Å². The van der Waals surface area contributed by atoms with E-state index < -0.39 is 0 Å². The smallest absolute Gasteiger partial charge is 0.251 e. The van der Waals surface area contributed by atoms with Gasteiger partial charge in [-0.05, 0) is 43.3 Å². The molecule has 0 unspecified atom stereocenters. The largest absolute Gasteiger partial charge is 0.465 e. The van der Waals surface area contributed by atoms with Gasteiger partial charge in [0.25, 0.3) is 5.91 Å². The quantitative estimate of drug-likeness (QED) is 0.805. The summed E-state index contributed by atoms with van der Waals surface area (Å²) < 4.78 is 5.43. The molecule has 0 aliphatic carbocycles. The fourth-order valence-electron chi connectivity index (χ4n) is 1.76. The number of benzene rings is 1. The van der Waals surface area contributed by atoms with Gasteiger partial charge in [0.15, 0.2) is 0 Å². The van der Waals surface area contributed by atoms with Gasteiger partial charge in [-0.3, -0.25) is 4.79 Å². The van der Waals surface area contributed by atoms with E-state index in [1.807, 2.05) is 19.1 Å². The highest BCUT2D eigenvalue weighted by atomic mass is 35.5. The highest BCUT2D eigenvalue weighted by Gasteiger charge is 2.04. The Hall–Kier alpha value is -1.78. The zero-order valence-electron chi connectivity index (χ0n) is 11.3. The minimum Gasteiger partial charge on any atom is -0.465 e. The van der Waals surface area contributed by atoms with E-state index in [2.05, 4.69) is 10.6 Å². The highest BCUT2D eigenvalue weighted by molar-refractivity contribution is 6.30. The zero-order chi connectivity index (χ0) is 14.4. The third-order valence-corrected chi connectivity index (χ3v) is 3.04. The molecular weight excluding hydrogens is 276 g/mol. The number of carbonyl (C=O) groups excluding carboxylic acids is 1. The molecule has 0 aliphatic heterocycles. The normalized spacial score (nSPS) is 10.5. The van der Waals surface area contributed by atoms with E-state index in [1.165, 1.54) is 0 Å². The summed E-state index contributed by atoms with van der Waals surface area (Å²) in [5.74, 6) is 1.70. The number of rotatable bonds is 6. The van der Waals surface area contributed by atoms with Crippen molar-refractivity contribution in [2.75, 3.05) is 13.1 Å². The van der Waals surface area contributed by atoms with Crippen molar-refractivity contribution in [1.29, 1.82) is 0 Å². The first-order valence-electron chi connectivity index (χ1n) is 6.45. The van der Waals surface area contributed by atoms with Gasteiger partial charge in [-0.25, -0.2) is 0 Å². The molecule has 0 saturated carbocycles. The minimum absolute atomic E-state index is 0.0997. The molecule has 20 heavy (non-hydrogen) atoms. The molecule has 0 aliphatic rings. The third-order valence-electron chi connectivity index (χ3n) is 2.79. The lowest BCUT2D eigenvalue weighted by Gasteiger charge is -2.06. The van der Waals surface area contributed by atoms with E-state index in [0.717, 1.165) is 11.5 Å². The first-order valence-corrected chi connectivity index (χ1v) is 6.83. The molecule has 2 aromatic rings. The molecule has 0 spiro atoms. The Morgan fingerprint density at radius 1 is 1.15 bits per heavy atom. The summed E-state index contributed by atoms with van der Waals surface area (Å²) >= 11 is 5.77. The maximum atomic E-state index is 11.8. The molecule has 1 heterocycles. The topological polar surface area (TPSA) is 54.3 Å². The molecule has 106 valence electrons. The Kier molecular flexibility index (Phi) is 5.21. The Balaban J connectivity index is 1.65. The lowest BCUT2D eigenvalue weighted by Crippen LogP contribution is -2.31. The molecule has 0 bridgehead atoms. The number of halogens is 1. The van der Waals surface area contributed by atoms with Crippen molar-refractivity contribution >= 4 is 17.5 Å². The maximum absolute atomic E-state index is 11.8. The second-order valence-corrected chi connectivity index (χ2v) is 4.89. The predicted molar refractivity (Wildman–Crippen MR) is 78.9 cm³/mol. The lowest BCUT2D eigenvalue weighted by atomic mass is 10.2. The second kappa shape index (κ2) is 7.12. The van der Waals surface area contributed by atoms with E-state index in [9.17, 15) is 4.79 Å². The van der Waals surface area contributed by atoms with E-state index in [-0.39, 0.29) is 5.91 Å². The fourth-order valence-corrected chi connectivity index (χ4v) is 1.89. The van der Waals surface area contributed by atoms with Crippen LogP contribution >= 0.6 is 11.6 Å². The predicted octanol–water partition coefficient (Wildman–Crippen LogP) is 2.76. The molecule has 2 N–H and O–H groups in total. The van der Waals surface area contributed by atoms with Gasteiger partial charge in [0, 0.05) is 23.7 Å². The van der Waals surface area contributed by atoms with E-state index >= 15 is 0 Å². The Bertz CT molecular complexity index is 564. The van der Waals surface area contributed by atoms with Gasteiger partial charge < -0.3 is 15.1 Å². The number of furan rings is 1. The first kappa shape index (κ1) is 14.6. The SMILES string of the molecule is Cc1ccc(CNCCNC(=O)c2ccc(Cl)cc2)o1. The van der Waals surface area contributed by atoms with Crippen LogP contribution in [0, 0.1) is 6.92 Å². The zero-order valence-corrected chi connectivity index (χ0v) is 12.0. The molecule has 0 atom stereocenters. The van der Waals surface area contributed by atoms with Crippen LogP contribution in [0.5, 0.6) is 0 Å². The van der Waals surface area contributed by atoms with Crippen molar-refractivity contribution in [2.24, 2.45) is 0 Å². The minimum atomic E-state index is -0.0997. The molecule has 1 aromatic heterocycles. The third kappa shape index (κ3) is 4.40. The van der Waals surface area contributed by atoms with Gasteiger partial charge in [0.2, 0.25) is 0 Å². The molecule has 1 amide bonds. The highest BCUT2D eigenvalue weighted by Crippen LogP contribution is 2.09. The van der Waals surface area contributed by atoms with Crippen LogP contribution in [-0.4, -0.2) is 19.0 Å². The molecule has 2 rings (SSSR count). The van der Waals surface area contributed by atoms with Crippen molar-refractivity contribution in [2.45, 2.75) is 13.5 Å². The summed E-state index contributed by atoms with van der Waals surface area (Å²) in [6, 6.07) is 10.7. The van der Waals surface area contributed by atoms with Crippen LogP contribution in [0.15, 0.2) is 40.8 Å². The van der Waals surface area contributed by atoms with Crippen LogP contribution in [0.2, 0.25) is 5.02 Å². The number of hydrogen-bond donors (Lipinski definition) is 2. The van der Waals surface area contributed by atoms with Gasteiger partial charge in [0.05, 0.1) is 6.54 Å². The fraction of sp³-hybridized carbons (Fsp3) is 0.267. The van der Waals surface area contributed by atoms with Crippen molar-refractivity contribution in [1.82, 2.24) is 10.6 Å². The Morgan fingerprint density at radius 3 is 2.55 bits per heavy atom. The van der Waals surface area contributed by atoms with E-state index in [0.29, 0.717) is 30.2 Å². The molecule has 0 radical (unpaired) electrons. The number of aryl methyl sites for hydroxylation is 1. The van der Waals surface area contributed by atoms with Crippen LogP contribution in [0.4, 0.5) is 0 Å². The van der Waals surface area contributed by atoms with Crippen molar-refractivity contribution < 1.29 is 9.21 Å². The summed E-state index contributed by atoms with van der Waals surface area (Å²) in [4.78, 5) is 11.8. The van der Waals surface area contributed by atoms with Gasteiger partial charge in [-0.2, -0.15) is 0 Å². The standard InChI is InChI=1S/C15H17ClN2O2/c1-11-2-7-14(20-11)10-17-8-9-18-15(19)12-3-5-13(16)6-4-12/h2-7,17H,8-10H2,1H3,(H,18,19). The monoisotopic (exact) mass is 292 g/mol. The summed E-state index contributed by atoms with van der Waals surface area (Å²) in [5.41, 5.74) is 0.607. The van der Waals surface area contributed by atoms with Crippen LogP contribution < -0.4 is 10.6 Å². The summed E-state index contributed by atoms with van der Waals surface area (Å²) in [7, 11) is 0. The van der Waals surface area contributed by atoms with Crippen molar-refractivity contribution in [3.05, 3.63) is 58.5 Å². The summed E-state index contributed by atoms with van der Waals surface area (Å²) in [5, 5.41) is 6.66. The molecule has 0 fully saturated rings. The lowest BCUT2D eigenvalue weighted by molar-refractivity contribution is 0.0954. The molecule has 0 saturated heterocycles. The molecular formula is C15H17ClN2O2. The van der Waals surface area contributed by atoms with Gasteiger partial charge in [-0.1, -0.05) is 11.6 Å². The molecule has 1 aromatic carbocycles. The maximum Gasteiger partial charge on any atom is 0.251 e. The van der Waals surface area contributed by atoms with E-state index in [1.54, 1.807) is 24.3 Å². The van der Waals surface area contributed by atoms with E-state index in [4.69, 9.17) is 16.0 Å². The van der Waals surface area contributed by atoms with Gasteiger partial charge in [0.1, 0.15) is 11.5 Å². The van der Waals surface area contributed by atoms with Crippen molar-refractivity contribution in [3.63, 3.8) is 0 Å². The van der Waals surface area contributed by atoms with Crippen LogP contribution in [0.1, 0.15) is 21.9 Å². The number of hydrogen-bond acceptors (Lipinski definition) is 3. The number of amides is 1. The summed E-state index contributed by atoms with van der Waals surface area (Å²) in [6.45, 7) is 3.81. The van der Waals surface area contributed by atoms with Crippen molar-refractivity contribution in [3.8, 4) is 0 Å².